The lowest BCUT2D eigenvalue weighted by Gasteiger charge is -2.29. The predicted molar refractivity (Wildman–Crippen MR) is 85.2 cm³/mol. The number of rotatable bonds is 4. The van der Waals surface area contributed by atoms with Crippen LogP contribution in [-0.4, -0.2) is 38.6 Å². The van der Waals surface area contributed by atoms with Crippen LogP contribution in [0.25, 0.3) is 0 Å². The Morgan fingerprint density at radius 1 is 1.29 bits per heavy atom. The van der Waals surface area contributed by atoms with Gasteiger partial charge in [0.05, 0.1) is 12.1 Å². The second-order valence-corrected chi connectivity index (χ2v) is 6.68. The van der Waals surface area contributed by atoms with Crippen molar-refractivity contribution < 1.29 is 23.9 Å². The van der Waals surface area contributed by atoms with Gasteiger partial charge in [0.25, 0.3) is 3.91 Å². The molecule has 7 heteroatoms. The zero-order valence-corrected chi connectivity index (χ0v) is 14.8. The van der Waals surface area contributed by atoms with Crippen LogP contribution in [0, 0.1) is 0 Å². The first-order valence-electron chi connectivity index (χ1n) is 6.70. The first-order chi connectivity index (χ1) is 9.61. The van der Waals surface area contributed by atoms with E-state index in [1.54, 1.807) is 56.4 Å². The fraction of sp³-hybridized carbons (Fsp3) is 0.643. The highest BCUT2D eigenvalue weighted by molar-refractivity contribution is 14.1. The molecule has 0 spiro atoms. The van der Waals surface area contributed by atoms with E-state index in [9.17, 15) is 14.4 Å². The molecule has 1 aliphatic rings. The van der Waals surface area contributed by atoms with Crippen molar-refractivity contribution in [3.05, 3.63) is 12.2 Å². The van der Waals surface area contributed by atoms with Gasteiger partial charge in [-0.25, -0.2) is 14.5 Å². The Balaban J connectivity index is 2.88. The van der Waals surface area contributed by atoms with Crippen molar-refractivity contribution in [3.8, 4) is 0 Å². The molecule has 0 atom stereocenters. The van der Waals surface area contributed by atoms with Crippen molar-refractivity contribution in [2.24, 2.45) is 0 Å². The van der Waals surface area contributed by atoms with Gasteiger partial charge in [-0.2, -0.15) is 0 Å². The van der Waals surface area contributed by atoms with E-state index in [0.717, 1.165) is 4.90 Å². The summed E-state index contributed by atoms with van der Waals surface area (Å²) < 4.78 is 9.62. The molecule has 0 aliphatic heterocycles. The highest BCUT2D eigenvalue weighted by atomic mass is 127. The monoisotopic (exact) mass is 409 g/mol. The predicted octanol–water partition coefficient (Wildman–Crippen LogP) is 3.43. The fourth-order valence-corrected chi connectivity index (χ4v) is 2.42. The maximum atomic E-state index is 12.2. The van der Waals surface area contributed by atoms with E-state index < -0.39 is 27.1 Å². The van der Waals surface area contributed by atoms with Crippen molar-refractivity contribution in [2.75, 3.05) is 6.61 Å². The molecule has 0 aromatic heterocycles. The fourth-order valence-electron chi connectivity index (χ4n) is 1.74. The maximum Gasteiger partial charge on any atom is 0.418 e. The van der Waals surface area contributed by atoms with E-state index in [0.29, 0.717) is 12.8 Å². The number of imide groups is 1. The van der Waals surface area contributed by atoms with E-state index in [4.69, 9.17) is 9.47 Å². The molecule has 1 saturated carbocycles. The van der Waals surface area contributed by atoms with Crippen LogP contribution in [0.4, 0.5) is 9.59 Å². The Labute approximate surface area is 138 Å². The summed E-state index contributed by atoms with van der Waals surface area (Å²) in [4.78, 5) is 36.4. The smallest absolute Gasteiger partial charge is 0.418 e. The van der Waals surface area contributed by atoms with Gasteiger partial charge in [0, 0.05) is 28.7 Å². The number of carbonyl (C=O) groups is 3. The van der Waals surface area contributed by atoms with E-state index in [1.165, 1.54) is 6.08 Å². The number of hydrogen-bond donors (Lipinski definition) is 0. The standard InChI is InChI=1S/C14H20INO5/c1-5-20-10(17)6-7-14(8-9-14)16(11(15)18)12(19)21-13(2,3)4/h6-7H,5,8-9H2,1-4H3. The second-order valence-electron chi connectivity index (χ2n) is 5.76. The number of ether oxygens (including phenoxy) is 2. The van der Waals surface area contributed by atoms with Crippen LogP contribution in [0.3, 0.4) is 0 Å². The van der Waals surface area contributed by atoms with E-state index in [2.05, 4.69) is 0 Å². The van der Waals surface area contributed by atoms with Gasteiger partial charge in [0.2, 0.25) is 0 Å². The van der Waals surface area contributed by atoms with Gasteiger partial charge in [-0.1, -0.05) is 6.08 Å². The van der Waals surface area contributed by atoms with Crippen molar-refractivity contribution in [1.29, 1.82) is 0 Å². The average molecular weight is 409 g/mol. The van der Waals surface area contributed by atoms with Crippen LogP contribution < -0.4 is 0 Å². The third-order valence-corrected chi connectivity index (χ3v) is 3.26. The van der Waals surface area contributed by atoms with Gasteiger partial charge in [-0.05, 0) is 40.5 Å². The van der Waals surface area contributed by atoms with Crippen LogP contribution >= 0.6 is 22.6 Å². The van der Waals surface area contributed by atoms with Gasteiger partial charge in [-0.3, -0.25) is 4.79 Å². The molecule has 2 amide bonds. The molecule has 0 heterocycles. The SMILES string of the molecule is CCOC(=O)C=CC1(N(C(=O)I)C(=O)OC(C)(C)C)CC1. The van der Waals surface area contributed by atoms with Gasteiger partial charge in [0.15, 0.2) is 0 Å². The maximum absolute atomic E-state index is 12.2. The highest BCUT2D eigenvalue weighted by Crippen LogP contribution is 2.44. The lowest BCUT2D eigenvalue weighted by atomic mass is 10.2. The zero-order valence-electron chi connectivity index (χ0n) is 12.6. The van der Waals surface area contributed by atoms with Crippen molar-refractivity contribution in [2.45, 2.75) is 51.7 Å². The van der Waals surface area contributed by atoms with E-state index in [1.807, 2.05) is 0 Å². The molecule has 0 bridgehead atoms. The molecule has 6 nitrogen and oxygen atoms in total. The zero-order chi connectivity index (χ0) is 16.3. The lowest BCUT2D eigenvalue weighted by Crippen LogP contribution is -2.45. The summed E-state index contributed by atoms with van der Waals surface area (Å²) in [6.07, 6.45) is 3.32. The Kier molecular flexibility index (Phi) is 5.77. The molecule has 1 fully saturated rings. The molecule has 0 aromatic carbocycles. The van der Waals surface area contributed by atoms with Crippen LogP contribution in [0.2, 0.25) is 0 Å². The molecule has 0 N–H and O–H groups in total. The van der Waals surface area contributed by atoms with Crippen molar-refractivity contribution >= 4 is 38.6 Å². The summed E-state index contributed by atoms with van der Waals surface area (Å²) in [6, 6.07) is 0. The lowest BCUT2D eigenvalue weighted by molar-refractivity contribution is -0.137. The minimum atomic E-state index is -0.770. The Morgan fingerprint density at radius 2 is 1.86 bits per heavy atom. The van der Waals surface area contributed by atoms with Crippen LogP contribution in [0.15, 0.2) is 12.2 Å². The third-order valence-electron chi connectivity index (χ3n) is 2.78. The molecule has 1 aliphatic carbocycles. The van der Waals surface area contributed by atoms with E-state index in [-0.39, 0.29) is 6.61 Å². The Bertz CT molecular complexity index is 462. The topological polar surface area (TPSA) is 72.9 Å². The summed E-state index contributed by atoms with van der Waals surface area (Å²) in [5.74, 6) is -0.492. The first-order valence-corrected chi connectivity index (χ1v) is 7.78. The number of halogens is 1. The van der Waals surface area contributed by atoms with Crippen LogP contribution in [-0.2, 0) is 14.3 Å². The second kappa shape index (κ2) is 6.76. The van der Waals surface area contributed by atoms with Crippen LogP contribution in [0.1, 0.15) is 40.5 Å². The minimum absolute atomic E-state index is 0.275. The molecule has 21 heavy (non-hydrogen) atoms. The summed E-state index contributed by atoms with van der Waals surface area (Å²) >= 11 is 1.55. The quantitative estimate of drug-likeness (QED) is 0.234. The summed E-state index contributed by atoms with van der Waals surface area (Å²) in [6.45, 7) is 7.18. The third kappa shape index (κ3) is 5.29. The summed E-state index contributed by atoms with van der Waals surface area (Å²) in [7, 11) is 0. The molecular weight excluding hydrogens is 389 g/mol. The van der Waals surface area contributed by atoms with Gasteiger partial charge in [0.1, 0.15) is 5.60 Å². The molecule has 0 unspecified atom stereocenters. The molecule has 0 radical (unpaired) electrons. The van der Waals surface area contributed by atoms with Gasteiger partial charge < -0.3 is 9.47 Å². The summed E-state index contributed by atoms with van der Waals surface area (Å²) in [5.41, 5.74) is -1.46. The number of amides is 2. The molecule has 118 valence electrons. The number of carbonyl (C=O) groups excluding carboxylic acids is 3. The molecule has 1 rings (SSSR count). The van der Waals surface area contributed by atoms with Gasteiger partial charge in [-0.15, -0.1) is 0 Å². The number of hydrogen-bond acceptors (Lipinski definition) is 5. The summed E-state index contributed by atoms with van der Waals surface area (Å²) in [5, 5.41) is 0. The largest absolute Gasteiger partial charge is 0.463 e. The highest BCUT2D eigenvalue weighted by Gasteiger charge is 2.52. The minimum Gasteiger partial charge on any atom is -0.463 e. The number of esters is 1. The first kappa shape index (κ1) is 17.9. The van der Waals surface area contributed by atoms with Crippen molar-refractivity contribution in [3.63, 3.8) is 0 Å². The molecule has 0 aromatic rings. The Morgan fingerprint density at radius 3 is 2.24 bits per heavy atom. The Hall–Kier alpha value is -1.12. The average Bonchev–Trinajstić information content (AvgIpc) is 3.05. The molecule has 0 saturated heterocycles. The number of nitrogens with zero attached hydrogens (tertiary/aromatic N) is 1. The van der Waals surface area contributed by atoms with Crippen LogP contribution in [0.5, 0.6) is 0 Å². The van der Waals surface area contributed by atoms with Crippen molar-refractivity contribution in [1.82, 2.24) is 4.90 Å². The van der Waals surface area contributed by atoms with E-state index >= 15 is 0 Å². The normalized spacial score (nSPS) is 16.4. The molecular formula is C14H20INO5. The van der Waals surface area contributed by atoms with Gasteiger partial charge >= 0.3 is 12.1 Å².